The summed E-state index contributed by atoms with van der Waals surface area (Å²) in [4.78, 5) is 36.0. The maximum absolute atomic E-state index is 13.2. The number of anilines is 1. The number of nitrogens with zero attached hydrogens (tertiary/aromatic N) is 1. The lowest BCUT2D eigenvalue weighted by Gasteiger charge is -2.09. The molecule has 0 saturated carbocycles. The third-order valence-electron chi connectivity index (χ3n) is 4.60. The first-order valence-electron chi connectivity index (χ1n) is 8.97. The minimum Gasteiger partial charge on any atom is -0.486 e. The number of carbonyl (C=O) groups is 3. The Morgan fingerprint density at radius 2 is 1.86 bits per heavy atom. The summed E-state index contributed by atoms with van der Waals surface area (Å²) in [5.74, 6) is 0.291. The Labute approximate surface area is 166 Å². The van der Waals surface area contributed by atoms with E-state index in [4.69, 9.17) is 4.74 Å². The second-order valence-corrected chi connectivity index (χ2v) is 6.60. The van der Waals surface area contributed by atoms with E-state index in [1.807, 2.05) is 0 Å². The van der Waals surface area contributed by atoms with Crippen LogP contribution in [-0.4, -0.2) is 41.4 Å². The maximum Gasteiger partial charge on any atom is 0.318 e. The van der Waals surface area contributed by atoms with Crippen LogP contribution in [0.5, 0.6) is 5.75 Å². The molecular formula is C21H18N4O4. The highest BCUT2D eigenvalue weighted by atomic mass is 16.5. The van der Waals surface area contributed by atoms with E-state index >= 15 is 0 Å². The lowest BCUT2D eigenvalue weighted by atomic mass is 10.0. The molecule has 29 heavy (non-hydrogen) atoms. The first-order valence-corrected chi connectivity index (χ1v) is 8.97. The lowest BCUT2D eigenvalue weighted by molar-refractivity contribution is -0.118. The van der Waals surface area contributed by atoms with Crippen molar-refractivity contribution in [2.75, 3.05) is 19.0 Å². The van der Waals surface area contributed by atoms with E-state index in [-0.39, 0.29) is 18.2 Å². The van der Waals surface area contributed by atoms with Gasteiger partial charge in [0, 0.05) is 18.2 Å². The molecule has 0 bridgehead atoms. The van der Waals surface area contributed by atoms with Crippen LogP contribution >= 0.6 is 0 Å². The number of aromatic nitrogens is 2. The molecule has 0 radical (unpaired) electrons. The molecule has 0 saturated heterocycles. The molecule has 3 aromatic rings. The SMILES string of the molecule is CNC(=O)Nc1cccc2c1C(=O)c1c-2n[nH]c1-c1ccc(OCC(C)=O)cc1. The molecule has 0 spiro atoms. The third kappa shape index (κ3) is 3.25. The van der Waals surface area contributed by atoms with Crippen molar-refractivity contribution in [2.24, 2.45) is 0 Å². The van der Waals surface area contributed by atoms with Gasteiger partial charge in [-0.1, -0.05) is 12.1 Å². The van der Waals surface area contributed by atoms with Crippen LogP contribution in [0.25, 0.3) is 22.5 Å². The van der Waals surface area contributed by atoms with Crippen molar-refractivity contribution in [3.05, 3.63) is 53.6 Å². The Bertz CT molecular complexity index is 1130. The summed E-state index contributed by atoms with van der Waals surface area (Å²) in [7, 11) is 1.51. The number of benzene rings is 2. The van der Waals surface area contributed by atoms with Crippen LogP contribution in [-0.2, 0) is 4.79 Å². The van der Waals surface area contributed by atoms with Gasteiger partial charge in [0.1, 0.15) is 18.1 Å². The van der Waals surface area contributed by atoms with E-state index in [1.165, 1.54) is 14.0 Å². The lowest BCUT2D eigenvalue weighted by Crippen LogP contribution is -2.25. The molecule has 146 valence electrons. The summed E-state index contributed by atoms with van der Waals surface area (Å²) >= 11 is 0. The number of carbonyl (C=O) groups excluding carboxylic acids is 3. The number of rotatable bonds is 5. The third-order valence-corrected chi connectivity index (χ3v) is 4.60. The number of hydrogen-bond donors (Lipinski definition) is 3. The monoisotopic (exact) mass is 390 g/mol. The molecule has 0 unspecified atom stereocenters. The summed E-state index contributed by atoms with van der Waals surface area (Å²) in [6.45, 7) is 1.46. The fourth-order valence-electron chi connectivity index (χ4n) is 3.28. The zero-order valence-electron chi connectivity index (χ0n) is 15.8. The molecule has 1 aromatic heterocycles. The molecule has 3 N–H and O–H groups in total. The van der Waals surface area contributed by atoms with E-state index in [0.29, 0.717) is 39.5 Å². The van der Waals surface area contributed by atoms with E-state index in [1.54, 1.807) is 42.5 Å². The number of urea groups is 1. The van der Waals surface area contributed by atoms with Gasteiger partial charge in [-0.15, -0.1) is 0 Å². The van der Waals surface area contributed by atoms with Crippen LogP contribution in [0.2, 0.25) is 0 Å². The van der Waals surface area contributed by atoms with Gasteiger partial charge in [-0.25, -0.2) is 4.79 Å². The second kappa shape index (κ2) is 7.23. The average Bonchev–Trinajstić information content (AvgIpc) is 3.27. The maximum atomic E-state index is 13.2. The van der Waals surface area contributed by atoms with E-state index in [9.17, 15) is 14.4 Å². The number of aromatic amines is 1. The van der Waals surface area contributed by atoms with Gasteiger partial charge >= 0.3 is 6.03 Å². The summed E-state index contributed by atoms with van der Waals surface area (Å²) < 4.78 is 5.38. The normalized spacial score (nSPS) is 11.6. The van der Waals surface area contributed by atoms with Crippen molar-refractivity contribution in [1.29, 1.82) is 0 Å². The van der Waals surface area contributed by atoms with Crippen LogP contribution in [0.4, 0.5) is 10.5 Å². The molecule has 8 heteroatoms. The first kappa shape index (κ1) is 18.4. The summed E-state index contributed by atoms with van der Waals surface area (Å²) in [6, 6.07) is 11.9. The number of fused-ring (bicyclic) bond motifs is 3. The molecule has 4 rings (SSSR count). The van der Waals surface area contributed by atoms with Crippen molar-refractivity contribution in [1.82, 2.24) is 15.5 Å². The van der Waals surface area contributed by atoms with Gasteiger partial charge in [-0.05, 0) is 37.3 Å². The Hall–Kier alpha value is -3.94. The second-order valence-electron chi connectivity index (χ2n) is 6.60. The van der Waals surface area contributed by atoms with Gasteiger partial charge in [0.25, 0.3) is 0 Å². The number of ether oxygens (including phenoxy) is 1. The van der Waals surface area contributed by atoms with Gasteiger partial charge in [0.05, 0.1) is 22.5 Å². The van der Waals surface area contributed by atoms with Crippen LogP contribution < -0.4 is 15.4 Å². The fourth-order valence-corrected chi connectivity index (χ4v) is 3.28. The van der Waals surface area contributed by atoms with Crippen LogP contribution in [0.3, 0.4) is 0 Å². The number of Topliss-reactive ketones (excluding diaryl/α,β-unsaturated/α-hetero) is 1. The Morgan fingerprint density at radius 1 is 1.10 bits per heavy atom. The minimum atomic E-state index is -0.404. The predicted molar refractivity (Wildman–Crippen MR) is 107 cm³/mol. The van der Waals surface area contributed by atoms with Crippen molar-refractivity contribution in [2.45, 2.75) is 6.92 Å². The number of nitrogens with one attached hydrogen (secondary N) is 3. The fraction of sp³-hybridized carbons (Fsp3) is 0.143. The van der Waals surface area contributed by atoms with Crippen molar-refractivity contribution in [3.8, 4) is 28.3 Å². The molecule has 1 aliphatic rings. The van der Waals surface area contributed by atoms with Gasteiger partial charge in [0.2, 0.25) is 0 Å². The van der Waals surface area contributed by atoms with Crippen LogP contribution in [0.15, 0.2) is 42.5 Å². The van der Waals surface area contributed by atoms with Gasteiger partial charge in [-0.2, -0.15) is 5.10 Å². The van der Waals surface area contributed by atoms with E-state index < -0.39 is 6.03 Å². The van der Waals surface area contributed by atoms with Crippen LogP contribution in [0, 0.1) is 0 Å². The van der Waals surface area contributed by atoms with Crippen molar-refractivity contribution < 1.29 is 19.1 Å². The van der Waals surface area contributed by atoms with E-state index in [2.05, 4.69) is 20.8 Å². The zero-order chi connectivity index (χ0) is 20.5. The van der Waals surface area contributed by atoms with Crippen molar-refractivity contribution in [3.63, 3.8) is 0 Å². The topological polar surface area (TPSA) is 113 Å². The summed E-state index contributed by atoms with van der Waals surface area (Å²) in [6.07, 6.45) is 0. The smallest absolute Gasteiger partial charge is 0.318 e. The molecule has 1 heterocycles. The average molecular weight is 390 g/mol. The largest absolute Gasteiger partial charge is 0.486 e. The van der Waals surface area contributed by atoms with Gasteiger partial charge in [-0.3, -0.25) is 14.7 Å². The van der Waals surface area contributed by atoms with Gasteiger partial charge < -0.3 is 15.4 Å². The number of ketones is 2. The molecule has 0 fully saturated rings. The zero-order valence-corrected chi connectivity index (χ0v) is 15.8. The molecule has 2 aromatic carbocycles. The molecular weight excluding hydrogens is 372 g/mol. The number of H-pyrrole nitrogens is 1. The number of hydrogen-bond acceptors (Lipinski definition) is 5. The minimum absolute atomic E-state index is 0.00765. The summed E-state index contributed by atoms with van der Waals surface area (Å²) in [5.41, 5.74) is 3.89. The quantitative estimate of drug-likeness (QED) is 0.485. The van der Waals surface area contributed by atoms with Crippen molar-refractivity contribution >= 4 is 23.3 Å². The summed E-state index contributed by atoms with van der Waals surface area (Å²) in [5, 5.41) is 12.4. The standard InChI is InChI=1S/C21H18N4O4/c1-11(26)10-29-13-8-6-12(7-9-13)18-17-19(25-24-18)14-4-3-5-15(16(14)20(17)27)23-21(28)22-2/h3-9H,10H2,1-2H3,(H,24,25)(H2,22,23,28). The van der Waals surface area contributed by atoms with Crippen LogP contribution in [0.1, 0.15) is 22.8 Å². The highest BCUT2D eigenvalue weighted by molar-refractivity contribution is 6.26. The molecule has 2 amide bonds. The Balaban J connectivity index is 1.68. The Morgan fingerprint density at radius 3 is 2.55 bits per heavy atom. The van der Waals surface area contributed by atoms with E-state index in [0.717, 1.165) is 5.56 Å². The predicted octanol–water partition coefficient (Wildman–Crippen LogP) is 3.01. The first-order chi connectivity index (χ1) is 14.0. The molecule has 1 aliphatic carbocycles. The number of amides is 2. The van der Waals surface area contributed by atoms with Gasteiger partial charge in [0.15, 0.2) is 11.6 Å². The molecule has 8 nitrogen and oxygen atoms in total. The highest BCUT2D eigenvalue weighted by Crippen LogP contribution is 2.43. The molecule has 0 atom stereocenters. The molecule has 0 aliphatic heterocycles. The Kier molecular flexibility index (Phi) is 4.59. The highest BCUT2D eigenvalue weighted by Gasteiger charge is 2.35.